The molecule has 0 radical (unpaired) electrons. The number of nitriles is 1. The smallest absolute Gasteiger partial charge is 0.387 e. The summed E-state index contributed by atoms with van der Waals surface area (Å²) in [4.78, 5) is 24.5. The van der Waals surface area contributed by atoms with E-state index < -0.39 is 24.6 Å². The first-order valence-corrected chi connectivity index (χ1v) is 7.99. The van der Waals surface area contributed by atoms with Gasteiger partial charge in [-0.2, -0.15) is 14.0 Å². The average Bonchev–Trinajstić information content (AvgIpc) is 2.68. The van der Waals surface area contributed by atoms with Crippen molar-refractivity contribution in [2.45, 2.75) is 19.6 Å². The maximum absolute atomic E-state index is 12.4. The highest BCUT2D eigenvalue weighted by atomic mass is 19.3. The van der Waals surface area contributed by atoms with E-state index in [4.69, 9.17) is 14.7 Å². The van der Waals surface area contributed by atoms with Gasteiger partial charge in [0, 0.05) is 0 Å². The Hall–Kier alpha value is -3.67. The molecule has 0 bridgehead atoms. The molecule has 0 spiro atoms. The molecule has 9 heteroatoms. The second-order valence-corrected chi connectivity index (χ2v) is 5.44. The van der Waals surface area contributed by atoms with Crippen LogP contribution in [-0.2, 0) is 9.53 Å². The van der Waals surface area contributed by atoms with Crippen LogP contribution in [0.4, 0.5) is 14.5 Å². The quantitative estimate of drug-likeness (QED) is 0.728. The molecule has 0 aliphatic heterocycles. The summed E-state index contributed by atoms with van der Waals surface area (Å²) >= 11 is 0. The zero-order chi connectivity index (χ0) is 20.7. The molecule has 2 aromatic rings. The van der Waals surface area contributed by atoms with Crippen LogP contribution in [0.2, 0.25) is 0 Å². The summed E-state index contributed by atoms with van der Waals surface area (Å²) < 4.78 is 39.0. The van der Waals surface area contributed by atoms with Gasteiger partial charge in [-0.25, -0.2) is 4.79 Å². The van der Waals surface area contributed by atoms with Crippen LogP contribution >= 0.6 is 0 Å². The zero-order valence-electron chi connectivity index (χ0n) is 14.9. The van der Waals surface area contributed by atoms with E-state index in [1.807, 2.05) is 6.07 Å². The molecule has 0 fully saturated rings. The molecule has 0 unspecified atom stereocenters. The highest BCUT2D eigenvalue weighted by molar-refractivity contribution is 5.98. The molecular weight excluding hydrogens is 374 g/mol. The fraction of sp³-hybridized carbons (Fsp3) is 0.211. The van der Waals surface area contributed by atoms with E-state index in [0.29, 0.717) is 0 Å². The summed E-state index contributed by atoms with van der Waals surface area (Å²) in [6.07, 6.45) is -1.18. The van der Waals surface area contributed by atoms with Crippen LogP contribution in [0.3, 0.4) is 0 Å². The van der Waals surface area contributed by atoms with E-state index in [1.165, 1.54) is 32.2 Å². The third-order valence-corrected chi connectivity index (χ3v) is 3.57. The van der Waals surface area contributed by atoms with Gasteiger partial charge in [0.1, 0.15) is 6.07 Å². The second-order valence-electron chi connectivity index (χ2n) is 5.44. The van der Waals surface area contributed by atoms with Crippen molar-refractivity contribution >= 4 is 17.6 Å². The lowest BCUT2D eigenvalue weighted by molar-refractivity contribution is -0.123. The van der Waals surface area contributed by atoms with Gasteiger partial charge in [-0.15, -0.1) is 0 Å². The molecule has 2 aromatic carbocycles. The molecule has 0 aliphatic carbocycles. The Morgan fingerprint density at radius 3 is 2.50 bits per heavy atom. The van der Waals surface area contributed by atoms with Gasteiger partial charge in [0.2, 0.25) is 0 Å². The third kappa shape index (κ3) is 5.17. The van der Waals surface area contributed by atoms with E-state index in [2.05, 4.69) is 10.1 Å². The zero-order valence-corrected chi connectivity index (χ0v) is 14.9. The Labute approximate surface area is 159 Å². The number of halogens is 2. The van der Waals surface area contributed by atoms with Crippen LogP contribution in [0.1, 0.15) is 22.8 Å². The molecule has 0 heterocycles. The molecule has 1 N–H and O–H groups in total. The molecule has 1 amide bonds. The molecule has 7 nitrogen and oxygen atoms in total. The number of carbonyl (C=O) groups excluding carboxylic acids is 2. The molecule has 0 saturated heterocycles. The first-order valence-electron chi connectivity index (χ1n) is 7.99. The number of nitrogens with one attached hydrogen (secondary N) is 1. The lowest BCUT2D eigenvalue weighted by Crippen LogP contribution is -2.30. The Bertz CT molecular complexity index is 911. The first-order chi connectivity index (χ1) is 13.3. The number of ether oxygens (including phenoxy) is 3. The van der Waals surface area contributed by atoms with Crippen molar-refractivity contribution in [1.82, 2.24) is 0 Å². The molecule has 0 aliphatic rings. The van der Waals surface area contributed by atoms with Gasteiger partial charge >= 0.3 is 12.6 Å². The number of hydrogen-bond donors (Lipinski definition) is 1. The number of rotatable bonds is 7. The third-order valence-electron chi connectivity index (χ3n) is 3.57. The van der Waals surface area contributed by atoms with Crippen LogP contribution in [-0.4, -0.2) is 31.7 Å². The van der Waals surface area contributed by atoms with Crippen LogP contribution in [0.5, 0.6) is 11.5 Å². The average molecular weight is 390 g/mol. The number of nitrogens with zero attached hydrogens (tertiary/aromatic N) is 1. The molecule has 0 saturated carbocycles. The normalized spacial score (nSPS) is 11.3. The van der Waals surface area contributed by atoms with Crippen molar-refractivity contribution in [1.29, 1.82) is 5.26 Å². The van der Waals surface area contributed by atoms with Crippen LogP contribution in [0.25, 0.3) is 0 Å². The lowest BCUT2D eigenvalue weighted by atomic mass is 10.2. The maximum atomic E-state index is 12.4. The number of benzene rings is 2. The number of alkyl halides is 2. The minimum Gasteiger partial charge on any atom is -0.493 e. The Balaban J connectivity index is 2.07. The predicted molar refractivity (Wildman–Crippen MR) is 94.3 cm³/mol. The van der Waals surface area contributed by atoms with Crippen molar-refractivity contribution in [3.63, 3.8) is 0 Å². The molecule has 1 atom stereocenters. The lowest BCUT2D eigenvalue weighted by Gasteiger charge is -2.15. The summed E-state index contributed by atoms with van der Waals surface area (Å²) in [5.74, 6) is -1.83. The fourth-order valence-electron chi connectivity index (χ4n) is 2.19. The van der Waals surface area contributed by atoms with Crippen molar-refractivity contribution in [3.05, 3.63) is 53.6 Å². The summed E-state index contributed by atoms with van der Waals surface area (Å²) in [6.45, 7) is -1.69. The standard InChI is InChI=1S/C19H16F2N2O5/c1-11(17(24)23-14-6-4-3-5-13(14)10-22)27-18(25)12-7-8-15(28-19(20)21)16(9-12)26-2/h3-9,11,19H,1-2H3,(H,23,24)/t11-/m0/s1. The van der Waals surface area contributed by atoms with Crippen LogP contribution < -0.4 is 14.8 Å². The molecular formula is C19H16F2N2O5. The van der Waals surface area contributed by atoms with Gasteiger partial charge < -0.3 is 19.5 Å². The summed E-state index contributed by atoms with van der Waals surface area (Å²) in [7, 11) is 1.23. The highest BCUT2D eigenvalue weighted by Gasteiger charge is 2.21. The van der Waals surface area contributed by atoms with E-state index in [1.54, 1.807) is 12.1 Å². The Morgan fingerprint density at radius 1 is 1.14 bits per heavy atom. The number of carbonyl (C=O) groups is 2. The number of esters is 1. The van der Waals surface area contributed by atoms with Crippen molar-refractivity contribution in [2.24, 2.45) is 0 Å². The van der Waals surface area contributed by atoms with Gasteiger partial charge in [0.05, 0.1) is 23.9 Å². The maximum Gasteiger partial charge on any atom is 0.387 e. The van der Waals surface area contributed by atoms with Gasteiger partial charge in [-0.3, -0.25) is 4.79 Å². The Morgan fingerprint density at radius 2 is 1.86 bits per heavy atom. The number of amides is 1. The van der Waals surface area contributed by atoms with E-state index >= 15 is 0 Å². The summed E-state index contributed by atoms with van der Waals surface area (Å²) in [6, 6.07) is 11.8. The van der Waals surface area contributed by atoms with Gasteiger partial charge in [-0.05, 0) is 37.3 Å². The molecule has 2 rings (SSSR count). The van der Waals surface area contributed by atoms with Crippen molar-refractivity contribution < 1.29 is 32.6 Å². The molecule has 0 aromatic heterocycles. The number of para-hydroxylation sites is 1. The summed E-state index contributed by atoms with van der Waals surface area (Å²) in [5, 5.41) is 11.5. The van der Waals surface area contributed by atoms with Gasteiger partial charge in [-0.1, -0.05) is 12.1 Å². The number of methoxy groups -OCH3 is 1. The predicted octanol–water partition coefficient (Wildman–Crippen LogP) is 3.35. The minimum atomic E-state index is -3.05. The largest absolute Gasteiger partial charge is 0.493 e. The van der Waals surface area contributed by atoms with Crippen LogP contribution in [0.15, 0.2) is 42.5 Å². The second kappa shape index (κ2) is 9.32. The monoisotopic (exact) mass is 390 g/mol. The van der Waals surface area contributed by atoms with E-state index in [-0.39, 0.29) is 28.3 Å². The molecule has 146 valence electrons. The first kappa shape index (κ1) is 20.6. The Kier molecular flexibility index (Phi) is 6.87. The van der Waals surface area contributed by atoms with E-state index in [0.717, 1.165) is 12.1 Å². The summed E-state index contributed by atoms with van der Waals surface area (Å²) in [5.41, 5.74) is 0.525. The topological polar surface area (TPSA) is 97.6 Å². The number of hydrogen-bond acceptors (Lipinski definition) is 6. The van der Waals surface area contributed by atoms with E-state index in [9.17, 15) is 18.4 Å². The highest BCUT2D eigenvalue weighted by Crippen LogP contribution is 2.29. The number of anilines is 1. The van der Waals surface area contributed by atoms with Crippen LogP contribution in [0, 0.1) is 11.3 Å². The van der Waals surface area contributed by atoms with Gasteiger partial charge in [0.25, 0.3) is 5.91 Å². The molecule has 28 heavy (non-hydrogen) atoms. The van der Waals surface area contributed by atoms with Crippen molar-refractivity contribution in [3.8, 4) is 17.6 Å². The van der Waals surface area contributed by atoms with Crippen molar-refractivity contribution in [2.75, 3.05) is 12.4 Å². The fourth-order valence-corrected chi connectivity index (χ4v) is 2.19. The minimum absolute atomic E-state index is 0.0180. The SMILES string of the molecule is COc1cc(C(=O)O[C@@H](C)C(=O)Nc2ccccc2C#N)ccc1OC(F)F. The van der Waals surface area contributed by atoms with Gasteiger partial charge in [0.15, 0.2) is 17.6 Å².